The van der Waals surface area contributed by atoms with E-state index >= 15 is 0 Å². The average molecular weight is 331 g/mol. The predicted molar refractivity (Wildman–Crippen MR) is 74.8 cm³/mol. The lowest BCUT2D eigenvalue weighted by Crippen LogP contribution is -2.32. The minimum Gasteiger partial charge on any atom is -0.457 e. The van der Waals surface area contributed by atoms with Crippen molar-refractivity contribution in [3.63, 3.8) is 0 Å². The molecule has 2 atom stereocenters. The van der Waals surface area contributed by atoms with Crippen LogP contribution in [0.25, 0.3) is 0 Å². The second-order valence-corrected chi connectivity index (χ2v) is 8.95. The molecule has 7 heteroatoms. The maximum absolute atomic E-state index is 12.3. The Morgan fingerprint density at radius 2 is 2.06 bits per heavy atom. The van der Waals surface area contributed by atoms with Crippen molar-refractivity contribution in [2.24, 2.45) is 0 Å². The quantitative estimate of drug-likeness (QED) is 0.437. The van der Waals surface area contributed by atoms with Gasteiger partial charge in [-0.3, -0.25) is 0 Å². The summed E-state index contributed by atoms with van der Waals surface area (Å²) < 4.78 is 13.8. The second-order valence-electron chi connectivity index (χ2n) is 4.10. The van der Waals surface area contributed by atoms with Gasteiger partial charge in [0.05, 0.1) is 6.10 Å². The average Bonchev–Trinajstić information content (AvgIpc) is 2.28. The molecule has 0 heterocycles. The van der Waals surface area contributed by atoms with E-state index in [9.17, 15) is 9.36 Å². The van der Waals surface area contributed by atoms with Crippen LogP contribution in [0.15, 0.2) is 24.3 Å². The minimum absolute atomic E-state index is 0.288. The van der Waals surface area contributed by atoms with E-state index in [1.54, 1.807) is 32.1 Å². The highest BCUT2D eigenvalue weighted by Gasteiger charge is 2.64. The molecule has 0 saturated heterocycles. The van der Waals surface area contributed by atoms with E-state index in [1.807, 2.05) is 0 Å². The zero-order chi connectivity index (χ0) is 14.0. The SMILES string of the molecule is CC(C)OC(=O)C(Cl)(Cl)[P+](=O)C1(Cl)C=CC=CC1. The summed E-state index contributed by atoms with van der Waals surface area (Å²) >= 11 is 17.9. The molecule has 0 aromatic carbocycles. The van der Waals surface area contributed by atoms with Crippen molar-refractivity contribution >= 4 is 48.6 Å². The summed E-state index contributed by atoms with van der Waals surface area (Å²) in [7, 11) is -2.46. The Balaban J connectivity index is 2.91. The predicted octanol–water partition coefficient (Wildman–Crippen LogP) is 4.35. The van der Waals surface area contributed by atoms with Crippen molar-refractivity contribution in [3.8, 4) is 0 Å². The fourth-order valence-electron chi connectivity index (χ4n) is 1.33. The van der Waals surface area contributed by atoms with Gasteiger partial charge < -0.3 is 4.74 Å². The molecule has 1 rings (SSSR count). The fraction of sp³-hybridized carbons (Fsp3) is 0.545. The molecular formula is C11H13Cl3O3P+. The molecular weight excluding hydrogens is 317 g/mol. The van der Waals surface area contributed by atoms with Crippen LogP contribution in [0.4, 0.5) is 0 Å². The van der Waals surface area contributed by atoms with Gasteiger partial charge in [-0.1, -0.05) is 34.4 Å². The van der Waals surface area contributed by atoms with Gasteiger partial charge in [0.2, 0.25) is 0 Å². The van der Waals surface area contributed by atoms with Crippen LogP contribution < -0.4 is 0 Å². The summed E-state index contributed by atoms with van der Waals surface area (Å²) in [6.07, 6.45) is 6.55. The molecule has 1 aliphatic rings. The lowest BCUT2D eigenvalue weighted by Gasteiger charge is -2.19. The highest BCUT2D eigenvalue weighted by molar-refractivity contribution is 7.57. The first-order valence-electron chi connectivity index (χ1n) is 5.30. The maximum atomic E-state index is 12.3. The zero-order valence-electron chi connectivity index (χ0n) is 9.90. The van der Waals surface area contributed by atoms with E-state index < -0.39 is 28.6 Å². The van der Waals surface area contributed by atoms with Gasteiger partial charge in [-0.05, 0) is 43.1 Å². The van der Waals surface area contributed by atoms with E-state index in [-0.39, 0.29) is 6.42 Å². The number of esters is 1. The van der Waals surface area contributed by atoms with Gasteiger partial charge in [-0.2, -0.15) is 0 Å². The molecule has 0 fully saturated rings. The summed E-state index contributed by atoms with van der Waals surface area (Å²) in [6, 6.07) is 0. The number of ether oxygens (including phenoxy) is 1. The van der Waals surface area contributed by atoms with Gasteiger partial charge in [-0.15, -0.1) is 0 Å². The van der Waals surface area contributed by atoms with Crippen LogP contribution in [0.3, 0.4) is 0 Å². The van der Waals surface area contributed by atoms with Gasteiger partial charge in [0, 0.05) is 6.42 Å². The number of hydrogen-bond donors (Lipinski definition) is 0. The Kier molecular flexibility index (Phi) is 5.25. The Morgan fingerprint density at radius 3 is 2.50 bits per heavy atom. The standard InChI is InChI=1S/C11H13Cl3O3P/c1-8(2)17-9(15)11(13,14)18(16)10(12)6-4-3-5-7-10/h3-6,8H,7H2,1-2H3/q+1. The number of halogens is 3. The number of alkyl halides is 3. The number of allylic oxidation sites excluding steroid dienone is 4. The van der Waals surface area contributed by atoms with Gasteiger partial charge in [0.15, 0.2) is 0 Å². The molecule has 1 aliphatic carbocycles. The molecule has 2 unspecified atom stereocenters. The third-order valence-corrected chi connectivity index (χ3v) is 5.85. The van der Waals surface area contributed by atoms with Gasteiger partial charge >= 0.3 is 17.8 Å². The van der Waals surface area contributed by atoms with Crippen LogP contribution in [0.5, 0.6) is 0 Å². The highest BCUT2D eigenvalue weighted by atomic mass is 35.5. The fourth-order valence-corrected chi connectivity index (χ4v) is 4.31. The van der Waals surface area contributed by atoms with Crippen molar-refractivity contribution in [3.05, 3.63) is 24.3 Å². The molecule has 0 bridgehead atoms. The Morgan fingerprint density at radius 1 is 1.44 bits per heavy atom. The van der Waals surface area contributed by atoms with Crippen LogP contribution in [-0.4, -0.2) is 20.8 Å². The number of hydrogen-bond acceptors (Lipinski definition) is 3. The monoisotopic (exact) mass is 329 g/mol. The molecule has 0 spiro atoms. The van der Waals surface area contributed by atoms with E-state index in [4.69, 9.17) is 39.5 Å². The van der Waals surface area contributed by atoms with Gasteiger partial charge in [-0.25, -0.2) is 4.79 Å². The van der Waals surface area contributed by atoms with Crippen LogP contribution in [-0.2, 0) is 14.1 Å². The van der Waals surface area contributed by atoms with Gasteiger partial charge in [0.25, 0.3) is 4.62 Å². The highest BCUT2D eigenvalue weighted by Crippen LogP contribution is 2.60. The summed E-state index contributed by atoms with van der Waals surface area (Å²) in [5.74, 6) is -0.940. The lowest BCUT2D eigenvalue weighted by molar-refractivity contribution is -0.146. The maximum Gasteiger partial charge on any atom is 0.416 e. The molecule has 0 saturated carbocycles. The molecule has 0 N–H and O–H groups in total. The van der Waals surface area contributed by atoms with E-state index in [0.29, 0.717) is 0 Å². The smallest absolute Gasteiger partial charge is 0.416 e. The first-order valence-corrected chi connectivity index (χ1v) is 7.69. The van der Waals surface area contributed by atoms with E-state index in [0.717, 1.165) is 0 Å². The Hall–Kier alpha value is -0.0800. The summed E-state index contributed by atoms with van der Waals surface area (Å²) in [4.78, 5) is 11.7. The third-order valence-electron chi connectivity index (χ3n) is 2.18. The summed E-state index contributed by atoms with van der Waals surface area (Å²) in [5.41, 5.74) is 0. The molecule has 0 amide bonds. The molecule has 3 nitrogen and oxygen atoms in total. The number of rotatable bonds is 4. The Labute approximate surface area is 122 Å². The lowest BCUT2D eigenvalue weighted by atomic mass is 10.2. The summed E-state index contributed by atoms with van der Waals surface area (Å²) in [6.45, 7) is 3.29. The molecule has 100 valence electrons. The number of carbonyl (C=O) groups is 1. The molecule has 18 heavy (non-hydrogen) atoms. The molecule has 0 aromatic heterocycles. The second kappa shape index (κ2) is 5.92. The number of carbonyl (C=O) groups excluding carboxylic acids is 1. The molecule has 0 aliphatic heterocycles. The van der Waals surface area contributed by atoms with Crippen LogP contribution in [0, 0.1) is 0 Å². The molecule has 0 aromatic rings. The van der Waals surface area contributed by atoms with E-state index in [2.05, 4.69) is 0 Å². The van der Waals surface area contributed by atoms with Crippen molar-refractivity contribution in [1.29, 1.82) is 0 Å². The van der Waals surface area contributed by atoms with Crippen LogP contribution >= 0.6 is 42.6 Å². The Bertz CT molecular complexity index is 418. The third kappa shape index (κ3) is 3.48. The summed E-state index contributed by atoms with van der Waals surface area (Å²) in [5, 5.41) is 0. The first kappa shape index (κ1) is 16.0. The van der Waals surface area contributed by atoms with Crippen molar-refractivity contribution in [1.82, 2.24) is 0 Å². The van der Waals surface area contributed by atoms with Gasteiger partial charge in [0.1, 0.15) is 0 Å². The molecule has 0 radical (unpaired) electrons. The largest absolute Gasteiger partial charge is 0.457 e. The minimum atomic E-state index is -2.46. The topological polar surface area (TPSA) is 43.4 Å². The first-order chi connectivity index (χ1) is 8.20. The normalized spacial score (nSPS) is 24.2. The van der Waals surface area contributed by atoms with Crippen LogP contribution in [0.1, 0.15) is 20.3 Å². The van der Waals surface area contributed by atoms with Crippen molar-refractivity contribution in [2.75, 3.05) is 0 Å². The van der Waals surface area contributed by atoms with E-state index in [1.165, 1.54) is 6.08 Å². The van der Waals surface area contributed by atoms with Crippen LogP contribution in [0.2, 0.25) is 0 Å². The van der Waals surface area contributed by atoms with Crippen molar-refractivity contribution in [2.45, 2.75) is 35.1 Å². The zero-order valence-corrected chi connectivity index (χ0v) is 13.1. The van der Waals surface area contributed by atoms with Crippen molar-refractivity contribution < 1.29 is 14.1 Å².